The summed E-state index contributed by atoms with van der Waals surface area (Å²) in [7, 11) is 0. The van der Waals surface area contributed by atoms with E-state index < -0.39 is 0 Å². The molecular weight excluding hydrogens is 230 g/mol. The van der Waals surface area contributed by atoms with Gasteiger partial charge in [0.15, 0.2) is 0 Å². The third-order valence-electron chi connectivity index (χ3n) is 2.74. The number of hydrogen-bond donors (Lipinski definition) is 2. The largest absolute Gasteiger partial charge is 0.398 e. The second-order valence-electron chi connectivity index (χ2n) is 4.05. The quantitative estimate of drug-likeness (QED) is 0.817. The molecule has 0 amide bonds. The van der Waals surface area contributed by atoms with Crippen molar-refractivity contribution in [3.05, 3.63) is 39.8 Å². The lowest BCUT2D eigenvalue weighted by molar-refractivity contribution is 0.967. The topological polar surface area (TPSA) is 50.9 Å². The fourth-order valence-corrected chi connectivity index (χ4v) is 2.34. The Morgan fingerprint density at radius 3 is 2.88 bits per heavy atom. The van der Waals surface area contributed by atoms with Crippen molar-refractivity contribution in [2.75, 3.05) is 17.6 Å². The molecule has 0 aliphatic heterocycles. The predicted octanol–water partition coefficient (Wildman–Crippen LogP) is 3.00. The Balaban J connectivity index is 1.92. The van der Waals surface area contributed by atoms with Gasteiger partial charge in [-0.2, -0.15) is 0 Å². The van der Waals surface area contributed by atoms with Gasteiger partial charge in [0.2, 0.25) is 0 Å². The molecule has 0 radical (unpaired) electrons. The number of aryl methyl sites for hydroxylation is 1. The number of nitrogens with two attached hydrogens (primary N) is 1. The van der Waals surface area contributed by atoms with Crippen LogP contribution in [0.3, 0.4) is 0 Å². The number of benzene rings is 1. The van der Waals surface area contributed by atoms with Crippen LogP contribution in [0.15, 0.2) is 23.6 Å². The number of nitrogen functional groups attached to an aromatic ring is 1. The fourth-order valence-electron chi connectivity index (χ4n) is 1.69. The van der Waals surface area contributed by atoms with Gasteiger partial charge in [-0.15, -0.1) is 11.3 Å². The monoisotopic (exact) mass is 247 g/mol. The van der Waals surface area contributed by atoms with Crippen LogP contribution in [0.4, 0.5) is 11.4 Å². The zero-order valence-electron chi connectivity index (χ0n) is 10.2. The standard InChI is InChI=1S/C13H17N3S/c1-9-12(14)4-3-5-13(9)15-7-6-11-8-17-10(2)16-11/h3-5,8,15H,6-7,14H2,1-2H3. The number of rotatable bonds is 4. The minimum absolute atomic E-state index is 0.833. The molecule has 0 saturated carbocycles. The van der Waals surface area contributed by atoms with Gasteiger partial charge in [0.25, 0.3) is 0 Å². The highest BCUT2D eigenvalue weighted by Crippen LogP contribution is 2.20. The summed E-state index contributed by atoms with van der Waals surface area (Å²) in [6.45, 7) is 4.95. The van der Waals surface area contributed by atoms with Crippen LogP contribution in [0.1, 0.15) is 16.3 Å². The molecule has 2 aromatic rings. The van der Waals surface area contributed by atoms with E-state index in [0.717, 1.165) is 40.6 Å². The summed E-state index contributed by atoms with van der Waals surface area (Å²) >= 11 is 1.70. The number of hydrogen-bond acceptors (Lipinski definition) is 4. The normalized spacial score (nSPS) is 10.5. The van der Waals surface area contributed by atoms with Gasteiger partial charge in [0, 0.05) is 29.7 Å². The van der Waals surface area contributed by atoms with Gasteiger partial charge in [-0.1, -0.05) is 6.07 Å². The first kappa shape index (κ1) is 11.9. The maximum atomic E-state index is 5.86. The van der Waals surface area contributed by atoms with Gasteiger partial charge < -0.3 is 11.1 Å². The van der Waals surface area contributed by atoms with E-state index in [2.05, 4.69) is 21.7 Å². The molecule has 4 heteroatoms. The zero-order chi connectivity index (χ0) is 12.3. The molecule has 1 aromatic carbocycles. The molecule has 1 aromatic heterocycles. The number of aromatic nitrogens is 1. The van der Waals surface area contributed by atoms with E-state index in [0.29, 0.717) is 0 Å². The first-order valence-electron chi connectivity index (χ1n) is 5.67. The molecule has 0 aliphatic rings. The van der Waals surface area contributed by atoms with Gasteiger partial charge in [-0.25, -0.2) is 4.98 Å². The molecule has 0 fully saturated rings. The van der Waals surface area contributed by atoms with E-state index in [1.165, 1.54) is 0 Å². The molecule has 0 atom stereocenters. The second-order valence-corrected chi connectivity index (χ2v) is 5.12. The molecule has 2 rings (SSSR count). The molecule has 3 nitrogen and oxygen atoms in total. The third-order valence-corrected chi connectivity index (χ3v) is 3.56. The van der Waals surface area contributed by atoms with E-state index in [4.69, 9.17) is 5.73 Å². The Bertz CT molecular complexity index is 505. The van der Waals surface area contributed by atoms with Crippen LogP contribution in [0.2, 0.25) is 0 Å². The van der Waals surface area contributed by atoms with E-state index >= 15 is 0 Å². The van der Waals surface area contributed by atoms with E-state index in [1.807, 2.05) is 26.0 Å². The fraction of sp³-hybridized carbons (Fsp3) is 0.308. The number of thiazole rings is 1. The Morgan fingerprint density at radius 1 is 1.35 bits per heavy atom. The van der Waals surface area contributed by atoms with Crippen LogP contribution in [0.5, 0.6) is 0 Å². The molecule has 3 N–H and O–H groups in total. The lowest BCUT2D eigenvalue weighted by Gasteiger charge is -2.10. The average molecular weight is 247 g/mol. The summed E-state index contributed by atoms with van der Waals surface area (Å²) in [5.74, 6) is 0. The van der Waals surface area contributed by atoms with Crippen molar-refractivity contribution in [2.24, 2.45) is 0 Å². The summed E-state index contributed by atoms with van der Waals surface area (Å²) < 4.78 is 0. The van der Waals surface area contributed by atoms with Crippen molar-refractivity contribution < 1.29 is 0 Å². The van der Waals surface area contributed by atoms with Gasteiger partial charge in [-0.3, -0.25) is 0 Å². The van der Waals surface area contributed by atoms with Crippen molar-refractivity contribution in [3.8, 4) is 0 Å². The highest BCUT2D eigenvalue weighted by atomic mass is 32.1. The molecule has 90 valence electrons. The van der Waals surface area contributed by atoms with Gasteiger partial charge in [-0.05, 0) is 31.5 Å². The highest BCUT2D eigenvalue weighted by molar-refractivity contribution is 7.09. The zero-order valence-corrected chi connectivity index (χ0v) is 11.0. The minimum atomic E-state index is 0.833. The molecule has 0 aliphatic carbocycles. The van der Waals surface area contributed by atoms with Crippen molar-refractivity contribution in [3.63, 3.8) is 0 Å². The molecule has 0 saturated heterocycles. The Hall–Kier alpha value is -1.55. The second kappa shape index (κ2) is 5.19. The van der Waals surface area contributed by atoms with Crippen molar-refractivity contribution in [1.29, 1.82) is 0 Å². The first-order valence-corrected chi connectivity index (χ1v) is 6.55. The Labute approximate surface area is 106 Å². The molecule has 1 heterocycles. The number of anilines is 2. The summed E-state index contributed by atoms with van der Waals surface area (Å²) in [5, 5.41) is 6.64. The lowest BCUT2D eigenvalue weighted by atomic mass is 10.1. The van der Waals surface area contributed by atoms with Crippen molar-refractivity contribution in [2.45, 2.75) is 20.3 Å². The Kier molecular flexibility index (Phi) is 3.64. The summed E-state index contributed by atoms with van der Waals surface area (Å²) in [4.78, 5) is 4.44. The Morgan fingerprint density at radius 2 is 2.18 bits per heavy atom. The molecule has 17 heavy (non-hydrogen) atoms. The molecule has 0 unspecified atom stereocenters. The van der Waals surface area contributed by atoms with E-state index in [-0.39, 0.29) is 0 Å². The summed E-state index contributed by atoms with van der Waals surface area (Å²) in [6, 6.07) is 5.94. The van der Waals surface area contributed by atoms with Gasteiger partial charge >= 0.3 is 0 Å². The highest BCUT2D eigenvalue weighted by Gasteiger charge is 2.01. The van der Waals surface area contributed by atoms with Crippen LogP contribution >= 0.6 is 11.3 Å². The lowest BCUT2D eigenvalue weighted by Crippen LogP contribution is -2.07. The molecule has 0 bridgehead atoms. The smallest absolute Gasteiger partial charge is 0.0897 e. The van der Waals surface area contributed by atoms with Gasteiger partial charge in [0.1, 0.15) is 0 Å². The average Bonchev–Trinajstić information content (AvgIpc) is 2.70. The van der Waals surface area contributed by atoms with Crippen LogP contribution in [-0.4, -0.2) is 11.5 Å². The molecule has 0 spiro atoms. The maximum absolute atomic E-state index is 5.86. The van der Waals surface area contributed by atoms with Crippen LogP contribution in [0, 0.1) is 13.8 Å². The summed E-state index contributed by atoms with van der Waals surface area (Å²) in [5.41, 5.74) is 10.1. The number of nitrogens with one attached hydrogen (secondary N) is 1. The maximum Gasteiger partial charge on any atom is 0.0897 e. The van der Waals surface area contributed by atoms with Crippen LogP contribution in [-0.2, 0) is 6.42 Å². The van der Waals surface area contributed by atoms with Crippen molar-refractivity contribution in [1.82, 2.24) is 4.98 Å². The minimum Gasteiger partial charge on any atom is -0.398 e. The van der Waals surface area contributed by atoms with E-state index in [1.54, 1.807) is 11.3 Å². The number of nitrogens with zero attached hydrogens (tertiary/aromatic N) is 1. The van der Waals surface area contributed by atoms with Gasteiger partial charge in [0.05, 0.1) is 10.7 Å². The summed E-state index contributed by atoms with van der Waals surface area (Å²) in [6.07, 6.45) is 0.943. The predicted molar refractivity (Wildman–Crippen MR) is 74.6 cm³/mol. The third kappa shape index (κ3) is 2.97. The van der Waals surface area contributed by atoms with E-state index in [9.17, 15) is 0 Å². The van der Waals surface area contributed by atoms with Crippen molar-refractivity contribution >= 4 is 22.7 Å². The molecular formula is C13H17N3S. The van der Waals surface area contributed by atoms with Crippen LogP contribution in [0.25, 0.3) is 0 Å². The first-order chi connectivity index (χ1) is 8.16. The SMILES string of the molecule is Cc1nc(CCNc2cccc(N)c2C)cs1. The van der Waals surface area contributed by atoms with Crippen LogP contribution < -0.4 is 11.1 Å².